The fourth-order valence-electron chi connectivity index (χ4n) is 2.66. The maximum Gasteiger partial charge on any atom is 0.305 e. The van der Waals surface area contributed by atoms with Crippen molar-refractivity contribution in [1.82, 2.24) is 14.5 Å². The zero-order valence-corrected chi connectivity index (χ0v) is 13.1. The Kier molecular flexibility index (Phi) is 4.37. The first-order valence-electron chi connectivity index (χ1n) is 7.51. The van der Waals surface area contributed by atoms with E-state index in [0.29, 0.717) is 5.69 Å². The molecular weight excluding hydrogens is 309 g/mol. The van der Waals surface area contributed by atoms with E-state index >= 15 is 0 Å². The zero-order valence-electron chi connectivity index (χ0n) is 13.1. The minimum absolute atomic E-state index is 0.0274. The summed E-state index contributed by atoms with van der Waals surface area (Å²) in [5, 5.41) is 9.08. The van der Waals surface area contributed by atoms with Gasteiger partial charge < -0.3 is 9.67 Å². The first-order chi connectivity index (χ1) is 11.6. The molecule has 122 valence electrons. The predicted molar refractivity (Wildman–Crippen MR) is 87.8 cm³/mol. The van der Waals surface area contributed by atoms with E-state index in [9.17, 15) is 9.18 Å². The van der Waals surface area contributed by atoms with Gasteiger partial charge in [-0.1, -0.05) is 0 Å². The molecule has 0 saturated carbocycles. The molecule has 0 saturated heterocycles. The van der Waals surface area contributed by atoms with E-state index < -0.39 is 5.97 Å². The molecule has 0 fully saturated rings. The highest BCUT2D eigenvalue weighted by atomic mass is 19.1. The molecule has 0 bridgehead atoms. The van der Waals surface area contributed by atoms with Gasteiger partial charge in [0.05, 0.1) is 24.1 Å². The van der Waals surface area contributed by atoms with Crippen LogP contribution in [0, 0.1) is 5.82 Å². The molecule has 0 amide bonds. The molecule has 1 atom stereocenters. The Balaban J connectivity index is 2.15. The van der Waals surface area contributed by atoms with Crippen LogP contribution in [0.3, 0.4) is 0 Å². The molecule has 2 aromatic heterocycles. The van der Waals surface area contributed by atoms with E-state index in [0.717, 1.165) is 16.8 Å². The monoisotopic (exact) mass is 325 g/mol. The van der Waals surface area contributed by atoms with Crippen molar-refractivity contribution < 1.29 is 14.3 Å². The van der Waals surface area contributed by atoms with Crippen molar-refractivity contribution in [3.05, 3.63) is 60.9 Å². The second-order valence-corrected chi connectivity index (χ2v) is 5.54. The summed E-state index contributed by atoms with van der Waals surface area (Å²) in [6.45, 7) is 1.82. The fourth-order valence-corrected chi connectivity index (χ4v) is 2.66. The van der Waals surface area contributed by atoms with E-state index in [-0.39, 0.29) is 18.3 Å². The molecule has 1 aromatic carbocycles. The lowest BCUT2D eigenvalue weighted by molar-refractivity contribution is -0.137. The van der Waals surface area contributed by atoms with E-state index in [1.54, 1.807) is 30.9 Å². The number of aliphatic carboxylic acids is 1. The summed E-state index contributed by atoms with van der Waals surface area (Å²) in [5.74, 6) is -1.21. The SMILES string of the molecule is CC(CC(=O)O)n1cnc(-c2ccncc2)c1-c1ccc(F)cc1. The number of hydrogen-bond donors (Lipinski definition) is 1. The van der Waals surface area contributed by atoms with Crippen LogP contribution >= 0.6 is 0 Å². The lowest BCUT2D eigenvalue weighted by atomic mass is 10.0. The lowest BCUT2D eigenvalue weighted by Crippen LogP contribution is -2.11. The van der Waals surface area contributed by atoms with Gasteiger partial charge in [0, 0.05) is 29.6 Å². The van der Waals surface area contributed by atoms with Crippen molar-refractivity contribution in [3.8, 4) is 22.5 Å². The maximum atomic E-state index is 13.3. The number of nitrogens with zero attached hydrogens (tertiary/aromatic N) is 3. The van der Waals surface area contributed by atoms with E-state index in [4.69, 9.17) is 5.11 Å². The zero-order chi connectivity index (χ0) is 17.1. The van der Waals surface area contributed by atoms with Gasteiger partial charge in [-0.05, 0) is 43.3 Å². The van der Waals surface area contributed by atoms with Crippen LogP contribution in [0.15, 0.2) is 55.1 Å². The Labute approximate surface area is 138 Å². The van der Waals surface area contributed by atoms with E-state index in [2.05, 4.69) is 9.97 Å². The summed E-state index contributed by atoms with van der Waals surface area (Å²) in [6, 6.07) is 9.48. The van der Waals surface area contributed by atoms with Crippen LogP contribution in [0.2, 0.25) is 0 Å². The van der Waals surface area contributed by atoms with Gasteiger partial charge in [-0.3, -0.25) is 9.78 Å². The van der Waals surface area contributed by atoms with Gasteiger partial charge in [-0.25, -0.2) is 9.37 Å². The first kappa shape index (κ1) is 15.9. The van der Waals surface area contributed by atoms with Crippen molar-refractivity contribution in [3.63, 3.8) is 0 Å². The molecule has 1 unspecified atom stereocenters. The molecular formula is C18H16FN3O2. The van der Waals surface area contributed by atoms with E-state index in [1.165, 1.54) is 12.1 Å². The molecule has 0 aliphatic heterocycles. The fraction of sp³-hybridized carbons (Fsp3) is 0.167. The Morgan fingerprint density at radius 3 is 2.46 bits per heavy atom. The second kappa shape index (κ2) is 6.62. The highest BCUT2D eigenvalue weighted by molar-refractivity contribution is 5.78. The number of benzene rings is 1. The molecule has 0 spiro atoms. The van der Waals surface area contributed by atoms with Gasteiger partial charge in [0.15, 0.2) is 0 Å². The van der Waals surface area contributed by atoms with Crippen molar-refractivity contribution in [2.75, 3.05) is 0 Å². The van der Waals surface area contributed by atoms with Gasteiger partial charge in [-0.2, -0.15) is 0 Å². The highest BCUT2D eigenvalue weighted by Gasteiger charge is 2.19. The van der Waals surface area contributed by atoms with Crippen LogP contribution in [-0.2, 0) is 4.79 Å². The Bertz CT molecular complexity index is 844. The molecule has 6 heteroatoms. The predicted octanol–water partition coefficient (Wildman–Crippen LogP) is 3.79. The van der Waals surface area contributed by atoms with Crippen LogP contribution in [0.4, 0.5) is 4.39 Å². The Hall–Kier alpha value is -3.02. The third-order valence-corrected chi connectivity index (χ3v) is 3.81. The normalized spacial score (nSPS) is 12.1. The smallest absolute Gasteiger partial charge is 0.305 e. The molecule has 0 radical (unpaired) electrons. The minimum Gasteiger partial charge on any atom is -0.481 e. The third kappa shape index (κ3) is 3.17. The summed E-state index contributed by atoms with van der Waals surface area (Å²) in [7, 11) is 0. The van der Waals surface area contributed by atoms with Gasteiger partial charge in [-0.15, -0.1) is 0 Å². The number of rotatable bonds is 5. The average molecular weight is 325 g/mol. The van der Waals surface area contributed by atoms with E-state index in [1.807, 2.05) is 23.6 Å². The average Bonchev–Trinajstić information content (AvgIpc) is 3.01. The summed E-state index contributed by atoms with van der Waals surface area (Å²) in [6.07, 6.45) is 4.94. The highest BCUT2D eigenvalue weighted by Crippen LogP contribution is 2.33. The van der Waals surface area contributed by atoms with Crippen molar-refractivity contribution in [2.45, 2.75) is 19.4 Å². The number of carboxylic acid groups (broad SMARTS) is 1. The Morgan fingerprint density at radius 1 is 1.17 bits per heavy atom. The molecule has 2 heterocycles. The van der Waals surface area contributed by atoms with Crippen molar-refractivity contribution >= 4 is 5.97 Å². The van der Waals surface area contributed by atoms with Gasteiger partial charge in [0.25, 0.3) is 0 Å². The number of aromatic nitrogens is 3. The van der Waals surface area contributed by atoms with Crippen LogP contribution < -0.4 is 0 Å². The quantitative estimate of drug-likeness (QED) is 0.775. The number of carbonyl (C=O) groups is 1. The molecule has 0 aliphatic rings. The topological polar surface area (TPSA) is 68.0 Å². The van der Waals surface area contributed by atoms with Crippen LogP contribution in [0.25, 0.3) is 22.5 Å². The minimum atomic E-state index is -0.883. The summed E-state index contributed by atoms with van der Waals surface area (Å²) >= 11 is 0. The van der Waals surface area contributed by atoms with Crippen LogP contribution in [0.1, 0.15) is 19.4 Å². The number of halogens is 1. The molecule has 3 rings (SSSR count). The summed E-state index contributed by atoms with van der Waals surface area (Å²) in [4.78, 5) is 19.5. The second-order valence-electron chi connectivity index (χ2n) is 5.54. The van der Waals surface area contributed by atoms with Gasteiger partial charge >= 0.3 is 5.97 Å². The number of carboxylic acids is 1. The maximum absolute atomic E-state index is 13.3. The molecule has 1 N–H and O–H groups in total. The number of pyridine rings is 1. The first-order valence-corrected chi connectivity index (χ1v) is 7.51. The van der Waals surface area contributed by atoms with Crippen molar-refractivity contribution in [2.24, 2.45) is 0 Å². The van der Waals surface area contributed by atoms with Crippen molar-refractivity contribution in [1.29, 1.82) is 0 Å². The lowest BCUT2D eigenvalue weighted by Gasteiger charge is -2.16. The molecule has 24 heavy (non-hydrogen) atoms. The molecule has 3 aromatic rings. The largest absolute Gasteiger partial charge is 0.481 e. The number of hydrogen-bond acceptors (Lipinski definition) is 3. The molecule has 0 aliphatic carbocycles. The number of imidazole rings is 1. The summed E-state index contributed by atoms with van der Waals surface area (Å²) < 4.78 is 15.1. The molecule has 5 nitrogen and oxygen atoms in total. The van der Waals surface area contributed by atoms with Crippen LogP contribution in [0.5, 0.6) is 0 Å². The third-order valence-electron chi connectivity index (χ3n) is 3.81. The Morgan fingerprint density at radius 2 is 1.83 bits per heavy atom. The summed E-state index contributed by atoms with van der Waals surface area (Å²) in [5.41, 5.74) is 3.11. The van der Waals surface area contributed by atoms with Gasteiger partial charge in [0.2, 0.25) is 0 Å². The van der Waals surface area contributed by atoms with Gasteiger partial charge in [0.1, 0.15) is 5.82 Å². The standard InChI is InChI=1S/C18H16FN3O2/c1-12(10-16(23)24)22-11-21-17(13-6-8-20-9-7-13)18(22)14-2-4-15(19)5-3-14/h2-9,11-12H,10H2,1H3,(H,23,24). The van der Waals surface area contributed by atoms with Crippen LogP contribution in [-0.4, -0.2) is 25.6 Å².